The van der Waals surface area contributed by atoms with Crippen LogP contribution in [0.5, 0.6) is 0 Å². The van der Waals surface area contributed by atoms with Crippen LogP contribution in [-0.4, -0.2) is 66.2 Å². The molecular weight excluding hydrogens is 501 g/mol. The van der Waals surface area contributed by atoms with Gasteiger partial charge < -0.3 is 20.1 Å². The maximum atomic E-state index is 14.3. The molecule has 2 aromatic carbocycles. The Balaban J connectivity index is 1.78. The highest BCUT2D eigenvalue weighted by Gasteiger charge is 2.26. The number of hydrogen-bond acceptors (Lipinski definition) is 7. The van der Waals surface area contributed by atoms with Gasteiger partial charge in [0.05, 0.1) is 12.8 Å². The lowest BCUT2D eigenvalue weighted by Crippen LogP contribution is -2.46. The number of aromatic amines is 1. The monoisotopic (exact) mass is 531 g/mol. The quantitative estimate of drug-likeness (QED) is 0.215. The van der Waals surface area contributed by atoms with E-state index in [2.05, 4.69) is 26.0 Å². The fourth-order valence-electron chi connectivity index (χ4n) is 3.87. The average molecular weight is 532 g/mol. The Labute approximate surface area is 220 Å². The summed E-state index contributed by atoms with van der Waals surface area (Å²) < 4.78 is 24.6. The number of hydrogen-bond donors (Lipinski definition) is 3. The number of carbonyl (C=O) groups excluding carboxylic acids is 2. The number of nitrogens with one attached hydrogen (secondary N) is 3. The first-order valence-electron chi connectivity index (χ1n) is 12.0. The molecule has 0 radical (unpaired) electrons. The second-order valence-corrected chi connectivity index (χ2v) is 8.83. The second-order valence-electron chi connectivity index (χ2n) is 8.39. The Bertz CT molecular complexity index is 1140. The molecule has 0 aliphatic rings. The highest BCUT2D eigenvalue weighted by Crippen LogP contribution is 2.26. The third kappa shape index (κ3) is 8.63. The zero-order valence-electron chi connectivity index (χ0n) is 20.8. The largest absolute Gasteiger partial charge is 0.465 e. The number of esters is 1. The third-order valence-electron chi connectivity index (χ3n) is 5.67. The number of nitrogens with zero attached hydrogens (tertiary/aromatic N) is 2. The lowest BCUT2D eigenvalue weighted by Gasteiger charge is -2.24. The summed E-state index contributed by atoms with van der Waals surface area (Å²) in [5, 5.41) is 16.5. The van der Waals surface area contributed by atoms with Gasteiger partial charge in [0.15, 0.2) is 5.69 Å². The Morgan fingerprint density at radius 1 is 1.19 bits per heavy atom. The number of rotatable bonds is 14. The number of aromatic nitrogens is 3. The van der Waals surface area contributed by atoms with Crippen molar-refractivity contribution in [2.24, 2.45) is 0 Å². The first-order valence-corrected chi connectivity index (χ1v) is 12.4. The van der Waals surface area contributed by atoms with Crippen molar-refractivity contribution in [2.45, 2.75) is 38.3 Å². The van der Waals surface area contributed by atoms with Crippen LogP contribution in [-0.2, 0) is 20.7 Å². The van der Waals surface area contributed by atoms with E-state index in [1.165, 1.54) is 18.3 Å². The smallest absolute Gasteiger partial charge is 0.323 e. The van der Waals surface area contributed by atoms with Crippen molar-refractivity contribution < 1.29 is 23.5 Å². The maximum Gasteiger partial charge on any atom is 0.323 e. The molecule has 0 aliphatic heterocycles. The third-order valence-corrected chi connectivity index (χ3v) is 5.90. The van der Waals surface area contributed by atoms with E-state index in [-0.39, 0.29) is 24.5 Å². The van der Waals surface area contributed by atoms with Crippen molar-refractivity contribution in [1.82, 2.24) is 26.0 Å². The van der Waals surface area contributed by atoms with Crippen LogP contribution in [0.4, 0.5) is 4.39 Å². The van der Waals surface area contributed by atoms with Crippen molar-refractivity contribution in [3.63, 3.8) is 0 Å². The summed E-state index contributed by atoms with van der Waals surface area (Å²) in [5.74, 6) is -1.18. The Morgan fingerprint density at radius 2 is 1.97 bits per heavy atom. The highest BCUT2D eigenvalue weighted by molar-refractivity contribution is 6.30. The van der Waals surface area contributed by atoms with Crippen LogP contribution in [0, 0.1) is 5.82 Å². The molecular formula is C26H31ClFN5O4. The summed E-state index contributed by atoms with van der Waals surface area (Å²) in [7, 11) is 1.62. The summed E-state index contributed by atoms with van der Waals surface area (Å²) in [5.41, 5.74) is 2.10. The molecule has 0 saturated heterocycles. The molecule has 0 bridgehead atoms. The lowest BCUT2D eigenvalue weighted by atomic mass is 9.96. The van der Waals surface area contributed by atoms with Gasteiger partial charge in [0.2, 0.25) is 0 Å². The summed E-state index contributed by atoms with van der Waals surface area (Å²) in [6, 6.07) is 10.6. The van der Waals surface area contributed by atoms with E-state index in [1.54, 1.807) is 32.2 Å². The minimum atomic E-state index is -0.640. The molecule has 9 nitrogen and oxygen atoms in total. The predicted molar refractivity (Wildman–Crippen MR) is 138 cm³/mol. The standard InChI is InChI=1S/C26H31ClFN5O4/c1-3-37-26(35)23(29-11-4-12-36-2)15-20(31-25(34)24-16-30-33-32-24)13-17-5-7-18(8-6-17)21-14-19(27)9-10-22(21)28/h5-10,14,16,20,23,29H,3-4,11-13,15H2,1-2H3,(H,31,34)(H,30,32,33). The van der Waals surface area contributed by atoms with E-state index in [4.69, 9.17) is 21.1 Å². The van der Waals surface area contributed by atoms with Crippen LogP contribution in [0.1, 0.15) is 35.8 Å². The molecule has 2 unspecified atom stereocenters. The van der Waals surface area contributed by atoms with Crippen LogP contribution < -0.4 is 10.6 Å². The van der Waals surface area contributed by atoms with Crippen molar-refractivity contribution in [3.05, 3.63) is 70.8 Å². The molecule has 1 heterocycles. The molecule has 0 aliphatic carbocycles. The first kappa shape index (κ1) is 28.2. The predicted octanol–water partition coefficient (Wildman–Crippen LogP) is 3.55. The number of benzene rings is 2. The molecule has 3 rings (SSSR count). The molecule has 0 fully saturated rings. The van der Waals surface area contributed by atoms with E-state index in [1.807, 2.05) is 12.1 Å². The molecule has 37 heavy (non-hydrogen) atoms. The zero-order valence-corrected chi connectivity index (χ0v) is 21.6. The van der Waals surface area contributed by atoms with Gasteiger partial charge in [-0.05, 0) is 62.1 Å². The van der Waals surface area contributed by atoms with E-state index in [0.717, 1.165) is 5.56 Å². The number of halogens is 2. The van der Waals surface area contributed by atoms with Gasteiger partial charge >= 0.3 is 5.97 Å². The zero-order chi connectivity index (χ0) is 26.6. The topological polar surface area (TPSA) is 118 Å². The van der Waals surface area contributed by atoms with Gasteiger partial charge in [0.1, 0.15) is 11.9 Å². The van der Waals surface area contributed by atoms with Gasteiger partial charge in [0.25, 0.3) is 5.91 Å². The molecule has 0 spiro atoms. The fraction of sp³-hybridized carbons (Fsp3) is 0.385. The average Bonchev–Trinajstić information content (AvgIpc) is 3.43. The molecule has 198 valence electrons. The van der Waals surface area contributed by atoms with E-state index in [0.29, 0.717) is 42.1 Å². The minimum absolute atomic E-state index is 0.137. The molecule has 2 atom stereocenters. The Hall–Kier alpha value is -3.34. The van der Waals surface area contributed by atoms with Crippen molar-refractivity contribution >= 4 is 23.5 Å². The summed E-state index contributed by atoms with van der Waals surface area (Å²) >= 11 is 6.04. The van der Waals surface area contributed by atoms with Gasteiger partial charge in [-0.3, -0.25) is 9.59 Å². The van der Waals surface area contributed by atoms with Gasteiger partial charge in [-0.25, -0.2) is 4.39 Å². The second kappa shape index (κ2) is 14.4. The number of carbonyl (C=O) groups is 2. The number of amides is 1. The van der Waals surface area contributed by atoms with E-state index >= 15 is 0 Å². The fourth-order valence-corrected chi connectivity index (χ4v) is 4.04. The molecule has 3 aromatic rings. The van der Waals surface area contributed by atoms with Crippen LogP contribution in [0.3, 0.4) is 0 Å². The molecule has 1 amide bonds. The first-order chi connectivity index (χ1) is 17.9. The van der Waals surface area contributed by atoms with Crippen LogP contribution >= 0.6 is 11.6 Å². The van der Waals surface area contributed by atoms with E-state index in [9.17, 15) is 14.0 Å². The van der Waals surface area contributed by atoms with Crippen LogP contribution in [0.15, 0.2) is 48.7 Å². The molecule has 0 saturated carbocycles. The number of ether oxygens (including phenoxy) is 2. The van der Waals surface area contributed by atoms with Crippen molar-refractivity contribution in [1.29, 1.82) is 0 Å². The Kier molecular flexibility index (Phi) is 11.0. The van der Waals surface area contributed by atoms with E-state index < -0.39 is 24.0 Å². The SMILES string of the molecule is CCOC(=O)C(CC(Cc1ccc(-c2cc(Cl)ccc2F)cc1)NC(=O)c1cn[nH]n1)NCCCOC. The number of H-pyrrole nitrogens is 1. The Morgan fingerprint density at radius 3 is 2.65 bits per heavy atom. The lowest BCUT2D eigenvalue weighted by molar-refractivity contribution is -0.146. The maximum absolute atomic E-state index is 14.3. The number of methoxy groups -OCH3 is 1. The summed E-state index contributed by atoms with van der Waals surface area (Å²) in [6.45, 7) is 3.08. The van der Waals surface area contributed by atoms with Gasteiger partial charge in [-0.2, -0.15) is 15.4 Å². The van der Waals surface area contributed by atoms with Crippen LogP contribution in [0.2, 0.25) is 5.02 Å². The minimum Gasteiger partial charge on any atom is -0.465 e. The normalized spacial score (nSPS) is 12.6. The summed E-state index contributed by atoms with van der Waals surface area (Å²) in [4.78, 5) is 25.4. The van der Waals surface area contributed by atoms with Gasteiger partial charge in [0, 0.05) is 30.3 Å². The summed E-state index contributed by atoms with van der Waals surface area (Å²) in [6.07, 6.45) is 2.73. The van der Waals surface area contributed by atoms with Crippen LogP contribution in [0.25, 0.3) is 11.1 Å². The van der Waals surface area contributed by atoms with Gasteiger partial charge in [-0.1, -0.05) is 35.9 Å². The highest BCUT2D eigenvalue weighted by atomic mass is 35.5. The van der Waals surface area contributed by atoms with Crippen molar-refractivity contribution in [3.8, 4) is 11.1 Å². The molecule has 1 aromatic heterocycles. The van der Waals surface area contributed by atoms with Gasteiger partial charge in [-0.15, -0.1) is 0 Å². The molecule has 11 heteroatoms. The van der Waals surface area contributed by atoms with Crippen molar-refractivity contribution in [2.75, 3.05) is 26.9 Å². The molecule has 3 N–H and O–H groups in total.